The monoisotopic (exact) mass is 403 g/mol. The summed E-state index contributed by atoms with van der Waals surface area (Å²) < 4.78 is 26.2. The minimum atomic E-state index is -3.44. The van der Waals surface area contributed by atoms with Crippen LogP contribution in [0.3, 0.4) is 0 Å². The molecule has 0 saturated heterocycles. The van der Waals surface area contributed by atoms with Crippen LogP contribution in [0.1, 0.15) is 51.5 Å². The molecule has 0 aliphatic rings. The van der Waals surface area contributed by atoms with Gasteiger partial charge in [0.05, 0.1) is 5.75 Å². The standard InChI is InChI=1S/C20H25N3O4S/c1-5-11-21-28(26,27)12-15-7-9-16(10-8-15)23-20(25)19-17(6-2)18(14(4)24)13(3)22-19/h5,7-10,21-22H,1,6,11-12H2,2-4H3,(H,23,25). The van der Waals surface area contributed by atoms with E-state index in [2.05, 4.69) is 21.6 Å². The van der Waals surface area contributed by atoms with Crippen molar-refractivity contribution in [3.63, 3.8) is 0 Å². The zero-order valence-corrected chi connectivity index (χ0v) is 17.1. The zero-order valence-electron chi connectivity index (χ0n) is 16.3. The fraction of sp³-hybridized carbons (Fsp3) is 0.300. The number of H-pyrrole nitrogens is 1. The van der Waals surface area contributed by atoms with Crippen LogP contribution < -0.4 is 10.0 Å². The molecule has 0 atom stereocenters. The normalized spacial score (nSPS) is 11.2. The number of rotatable bonds is 9. The largest absolute Gasteiger partial charge is 0.354 e. The van der Waals surface area contributed by atoms with Crippen molar-refractivity contribution in [2.24, 2.45) is 0 Å². The number of hydrogen-bond acceptors (Lipinski definition) is 4. The Balaban J connectivity index is 2.15. The Labute approximate surface area is 165 Å². The van der Waals surface area contributed by atoms with Crippen LogP contribution in [0.25, 0.3) is 0 Å². The highest BCUT2D eigenvalue weighted by molar-refractivity contribution is 7.88. The number of sulfonamides is 1. The Hall–Kier alpha value is -2.71. The SMILES string of the molecule is C=CCNS(=O)(=O)Cc1ccc(NC(=O)c2[nH]c(C)c(C(C)=O)c2CC)cc1. The van der Waals surface area contributed by atoms with E-state index in [0.717, 1.165) is 0 Å². The molecule has 2 rings (SSSR count). The van der Waals surface area contributed by atoms with E-state index in [1.807, 2.05) is 6.92 Å². The first-order chi connectivity index (χ1) is 13.2. The van der Waals surface area contributed by atoms with E-state index >= 15 is 0 Å². The minimum Gasteiger partial charge on any atom is -0.354 e. The van der Waals surface area contributed by atoms with Gasteiger partial charge in [0.15, 0.2) is 5.78 Å². The quantitative estimate of drug-likeness (QED) is 0.442. The van der Waals surface area contributed by atoms with Gasteiger partial charge in [-0.3, -0.25) is 9.59 Å². The van der Waals surface area contributed by atoms with Gasteiger partial charge in [0.1, 0.15) is 5.69 Å². The van der Waals surface area contributed by atoms with Gasteiger partial charge in [-0.2, -0.15) is 0 Å². The van der Waals surface area contributed by atoms with Gasteiger partial charge in [0, 0.05) is 23.5 Å². The third kappa shape index (κ3) is 5.17. The van der Waals surface area contributed by atoms with Crippen molar-refractivity contribution >= 4 is 27.4 Å². The highest BCUT2D eigenvalue weighted by Gasteiger charge is 2.21. The lowest BCUT2D eigenvalue weighted by molar-refractivity contribution is 0.101. The number of hydrogen-bond donors (Lipinski definition) is 3. The first kappa shape index (κ1) is 21.6. The van der Waals surface area contributed by atoms with Crippen molar-refractivity contribution in [2.75, 3.05) is 11.9 Å². The second kappa shape index (κ2) is 8.99. The van der Waals surface area contributed by atoms with Gasteiger partial charge in [-0.1, -0.05) is 25.1 Å². The van der Waals surface area contributed by atoms with E-state index < -0.39 is 10.0 Å². The van der Waals surface area contributed by atoms with Crippen LogP contribution in [0.5, 0.6) is 0 Å². The molecular weight excluding hydrogens is 378 g/mol. The molecule has 0 saturated carbocycles. The maximum atomic E-state index is 12.6. The number of Topliss-reactive ketones (excluding diaryl/α,β-unsaturated/α-hetero) is 1. The number of carbonyl (C=O) groups is 2. The lowest BCUT2D eigenvalue weighted by Crippen LogP contribution is -2.25. The maximum Gasteiger partial charge on any atom is 0.272 e. The van der Waals surface area contributed by atoms with Crippen molar-refractivity contribution in [3.8, 4) is 0 Å². The molecule has 3 N–H and O–H groups in total. The van der Waals surface area contributed by atoms with Crippen molar-refractivity contribution < 1.29 is 18.0 Å². The lowest BCUT2D eigenvalue weighted by Gasteiger charge is -2.08. The molecule has 2 aromatic rings. The fourth-order valence-corrected chi connectivity index (χ4v) is 4.14. The van der Waals surface area contributed by atoms with Crippen molar-refractivity contribution in [1.29, 1.82) is 0 Å². The summed E-state index contributed by atoms with van der Waals surface area (Å²) in [6, 6.07) is 6.57. The fourth-order valence-electron chi connectivity index (χ4n) is 3.03. The second-order valence-corrected chi connectivity index (χ2v) is 8.24. The van der Waals surface area contributed by atoms with Crippen LogP contribution in [0.4, 0.5) is 5.69 Å². The molecular formula is C20H25N3O4S. The number of benzene rings is 1. The van der Waals surface area contributed by atoms with Gasteiger partial charge in [0.2, 0.25) is 10.0 Å². The van der Waals surface area contributed by atoms with Gasteiger partial charge in [0.25, 0.3) is 5.91 Å². The average Bonchev–Trinajstić information content (AvgIpc) is 2.98. The molecule has 28 heavy (non-hydrogen) atoms. The number of anilines is 1. The molecule has 1 heterocycles. The summed E-state index contributed by atoms with van der Waals surface area (Å²) in [7, 11) is -3.44. The van der Waals surface area contributed by atoms with Crippen LogP contribution in [0.15, 0.2) is 36.9 Å². The highest BCUT2D eigenvalue weighted by atomic mass is 32.2. The summed E-state index contributed by atoms with van der Waals surface area (Å²) in [5.41, 5.74) is 3.41. The molecule has 0 fully saturated rings. The molecule has 0 bridgehead atoms. The van der Waals surface area contributed by atoms with E-state index in [0.29, 0.717) is 40.2 Å². The number of aromatic nitrogens is 1. The number of aromatic amines is 1. The van der Waals surface area contributed by atoms with Crippen LogP contribution in [-0.2, 0) is 22.2 Å². The number of nitrogens with one attached hydrogen (secondary N) is 3. The summed E-state index contributed by atoms with van der Waals surface area (Å²) in [6.45, 7) is 8.79. The van der Waals surface area contributed by atoms with E-state index in [1.54, 1.807) is 31.2 Å². The van der Waals surface area contributed by atoms with E-state index in [9.17, 15) is 18.0 Å². The highest BCUT2D eigenvalue weighted by Crippen LogP contribution is 2.22. The van der Waals surface area contributed by atoms with E-state index in [4.69, 9.17) is 0 Å². The van der Waals surface area contributed by atoms with E-state index in [1.165, 1.54) is 13.0 Å². The first-order valence-electron chi connectivity index (χ1n) is 8.89. The van der Waals surface area contributed by atoms with Gasteiger partial charge in [-0.15, -0.1) is 6.58 Å². The van der Waals surface area contributed by atoms with Crippen molar-refractivity contribution in [3.05, 3.63) is 65.0 Å². The Morgan fingerprint density at radius 2 is 1.86 bits per heavy atom. The van der Waals surface area contributed by atoms with Gasteiger partial charge in [-0.25, -0.2) is 13.1 Å². The molecule has 0 radical (unpaired) electrons. The smallest absolute Gasteiger partial charge is 0.272 e. The number of amides is 1. The predicted molar refractivity (Wildman–Crippen MR) is 110 cm³/mol. The molecule has 7 nitrogen and oxygen atoms in total. The lowest BCUT2D eigenvalue weighted by atomic mass is 10.0. The van der Waals surface area contributed by atoms with Crippen LogP contribution >= 0.6 is 0 Å². The van der Waals surface area contributed by atoms with Crippen molar-refractivity contribution in [2.45, 2.75) is 32.9 Å². The number of carbonyl (C=O) groups excluding carboxylic acids is 2. The van der Waals surface area contributed by atoms with Crippen LogP contribution in [0, 0.1) is 6.92 Å². The zero-order chi connectivity index (χ0) is 20.9. The molecule has 1 amide bonds. The van der Waals surface area contributed by atoms with Gasteiger partial charge < -0.3 is 10.3 Å². The molecule has 0 aliphatic heterocycles. The van der Waals surface area contributed by atoms with Crippen LogP contribution in [0.2, 0.25) is 0 Å². The molecule has 8 heteroatoms. The molecule has 150 valence electrons. The minimum absolute atomic E-state index is 0.0831. The van der Waals surface area contributed by atoms with Crippen LogP contribution in [-0.4, -0.2) is 31.6 Å². The first-order valence-corrected chi connectivity index (χ1v) is 10.5. The molecule has 0 spiro atoms. The van der Waals surface area contributed by atoms with Crippen molar-refractivity contribution in [1.82, 2.24) is 9.71 Å². The predicted octanol–water partition coefficient (Wildman–Crippen LogP) is 2.95. The summed E-state index contributed by atoms with van der Waals surface area (Å²) >= 11 is 0. The maximum absolute atomic E-state index is 12.6. The summed E-state index contributed by atoms with van der Waals surface area (Å²) in [6.07, 6.45) is 2.02. The summed E-state index contributed by atoms with van der Waals surface area (Å²) in [4.78, 5) is 27.5. The summed E-state index contributed by atoms with van der Waals surface area (Å²) in [5, 5.41) is 2.78. The Morgan fingerprint density at radius 1 is 1.21 bits per heavy atom. The number of aryl methyl sites for hydroxylation is 1. The Bertz CT molecular complexity index is 989. The third-order valence-corrected chi connectivity index (χ3v) is 5.56. The average molecular weight is 404 g/mol. The topological polar surface area (TPSA) is 108 Å². The third-order valence-electron chi connectivity index (χ3n) is 4.24. The summed E-state index contributed by atoms with van der Waals surface area (Å²) in [5.74, 6) is -0.590. The molecule has 1 aromatic heterocycles. The Kier molecular flexibility index (Phi) is 6.93. The molecule has 1 aromatic carbocycles. The van der Waals surface area contributed by atoms with Gasteiger partial charge in [-0.05, 0) is 43.5 Å². The second-order valence-electron chi connectivity index (χ2n) is 6.44. The Morgan fingerprint density at radius 3 is 2.39 bits per heavy atom. The van der Waals surface area contributed by atoms with E-state index in [-0.39, 0.29) is 24.0 Å². The molecule has 0 aliphatic carbocycles. The number of ketones is 1. The van der Waals surface area contributed by atoms with Gasteiger partial charge >= 0.3 is 0 Å². The molecule has 0 unspecified atom stereocenters.